The van der Waals surface area contributed by atoms with Crippen molar-refractivity contribution in [3.05, 3.63) is 24.4 Å². The molecular weight excluding hydrogens is 252 g/mol. The molecule has 4 nitrogen and oxygen atoms in total. The second-order valence-electron chi connectivity index (χ2n) is 5.98. The van der Waals surface area contributed by atoms with Crippen LogP contribution in [0.4, 0.5) is 5.82 Å². The fraction of sp³-hybridized carbons (Fsp3) is 0.438. The monoisotopic (exact) mass is 270 g/mol. The van der Waals surface area contributed by atoms with E-state index in [2.05, 4.69) is 17.2 Å². The Balaban J connectivity index is 1.79. The zero-order valence-corrected chi connectivity index (χ0v) is 11.6. The zero-order chi connectivity index (χ0) is 13.6. The molecule has 20 heavy (non-hydrogen) atoms. The van der Waals surface area contributed by atoms with Crippen molar-refractivity contribution in [1.29, 1.82) is 0 Å². The third-order valence-electron chi connectivity index (χ3n) is 4.38. The molecule has 0 radical (unpaired) electrons. The molecular formula is C16H18N2O2. The smallest absolute Gasteiger partial charge is 0.231 e. The maximum absolute atomic E-state index is 5.48. The summed E-state index contributed by atoms with van der Waals surface area (Å²) in [4.78, 5) is 4.53. The molecule has 0 bridgehead atoms. The number of rotatable bonds is 2. The standard InChI is InChI=1S/C16H18N2O2/c1-16(5-2-3-6-16)18-15-12-9-14-13(19-10-20-14)8-11(12)4-7-17-15/h4,7-9H,2-3,5-6,10H2,1H3,(H,17,18). The van der Waals surface area contributed by atoms with Crippen molar-refractivity contribution in [3.8, 4) is 11.5 Å². The van der Waals surface area contributed by atoms with E-state index in [1.54, 1.807) is 0 Å². The van der Waals surface area contributed by atoms with Crippen LogP contribution in [0.25, 0.3) is 10.8 Å². The van der Waals surface area contributed by atoms with Crippen molar-refractivity contribution in [2.45, 2.75) is 38.1 Å². The Morgan fingerprint density at radius 1 is 1.15 bits per heavy atom. The summed E-state index contributed by atoms with van der Waals surface area (Å²) in [5.41, 5.74) is 0.164. The minimum atomic E-state index is 0.164. The Labute approximate surface area is 118 Å². The van der Waals surface area contributed by atoms with Crippen LogP contribution in [0.1, 0.15) is 32.6 Å². The van der Waals surface area contributed by atoms with Crippen molar-refractivity contribution in [1.82, 2.24) is 4.98 Å². The first-order chi connectivity index (χ1) is 9.73. The number of nitrogens with one attached hydrogen (secondary N) is 1. The quantitative estimate of drug-likeness (QED) is 0.903. The van der Waals surface area contributed by atoms with Gasteiger partial charge in [-0.2, -0.15) is 0 Å². The molecule has 2 heterocycles. The Bertz CT molecular complexity index is 663. The highest BCUT2D eigenvalue weighted by molar-refractivity contribution is 5.94. The van der Waals surface area contributed by atoms with Crippen molar-refractivity contribution < 1.29 is 9.47 Å². The summed E-state index contributed by atoms with van der Waals surface area (Å²) in [7, 11) is 0. The van der Waals surface area contributed by atoms with Gasteiger partial charge in [-0.15, -0.1) is 0 Å². The molecule has 2 aromatic rings. The Morgan fingerprint density at radius 2 is 1.90 bits per heavy atom. The zero-order valence-electron chi connectivity index (χ0n) is 11.6. The van der Waals surface area contributed by atoms with E-state index in [1.165, 1.54) is 25.7 Å². The molecule has 1 aliphatic carbocycles. The third-order valence-corrected chi connectivity index (χ3v) is 4.38. The number of hydrogen-bond acceptors (Lipinski definition) is 4. The molecule has 4 rings (SSSR count). The number of aromatic nitrogens is 1. The lowest BCUT2D eigenvalue weighted by Gasteiger charge is -2.26. The van der Waals surface area contributed by atoms with E-state index < -0.39 is 0 Å². The topological polar surface area (TPSA) is 43.4 Å². The van der Waals surface area contributed by atoms with E-state index in [1.807, 2.05) is 24.4 Å². The van der Waals surface area contributed by atoms with E-state index in [9.17, 15) is 0 Å². The predicted octanol–water partition coefficient (Wildman–Crippen LogP) is 3.71. The summed E-state index contributed by atoms with van der Waals surface area (Å²) in [6, 6.07) is 6.08. The minimum Gasteiger partial charge on any atom is -0.454 e. The first-order valence-corrected chi connectivity index (χ1v) is 7.20. The third kappa shape index (κ3) is 1.87. The largest absolute Gasteiger partial charge is 0.454 e. The van der Waals surface area contributed by atoms with Gasteiger partial charge in [-0.25, -0.2) is 4.98 Å². The average molecular weight is 270 g/mol. The molecule has 1 fully saturated rings. The van der Waals surface area contributed by atoms with E-state index in [4.69, 9.17) is 9.47 Å². The van der Waals surface area contributed by atoms with E-state index in [0.717, 1.165) is 28.1 Å². The van der Waals surface area contributed by atoms with Crippen LogP contribution in [-0.4, -0.2) is 17.3 Å². The van der Waals surface area contributed by atoms with Gasteiger partial charge in [0, 0.05) is 17.1 Å². The molecule has 1 saturated carbocycles. The van der Waals surface area contributed by atoms with Crippen LogP contribution in [0.5, 0.6) is 11.5 Å². The predicted molar refractivity (Wildman–Crippen MR) is 78.4 cm³/mol. The summed E-state index contributed by atoms with van der Waals surface area (Å²) in [5.74, 6) is 2.58. The fourth-order valence-corrected chi connectivity index (χ4v) is 3.23. The molecule has 0 amide bonds. The summed E-state index contributed by atoms with van der Waals surface area (Å²) in [6.07, 6.45) is 6.84. The average Bonchev–Trinajstić information content (AvgIpc) is 3.05. The second kappa shape index (κ2) is 4.27. The van der Waals surface area contributed by atoms with Crippen molar-refractivity contribution in [2.75, 3.05) is 12.1 Å². The van der Waals surface area contributed by atoms with Gasteiger partial charge in [0.2, 0.25) is 6.79 Å². The van der Waals surface area contributed by atoms with Crippen molar-refractivity contribution >= 4 is 16.6 Å². The van der Waals surface area contributed by atoms with Gasteiger partial charge < -0.3 is 14.8 Å². The van der Waals surface area contributed by atoms with Gasteiger partial charge in [0.1, 0.15) is 5.82 Å². The molecule has 1 aromatic carbocycles. The molecule has 1 N–H and O–H groups in total. The van der Waals surface area contributed by atoms with Crippen LogP contribution in [0.3, 0.4) is 0 Å². The highest BCUT2D eigenvalue weighted by Gasteiger charge is 2.29. The number of hydrogen-bond donors (Lipinski definition) is 1. The molecule has 1 aliphatic heterocycles. The Hall–Kier alpha value is -1.97. The lowest BCUT2D eigenvalue weighted by atomic mass is 10.00. The lowest BCUT2D eigenvalue weighted by Crippen LogP contribution is -2.31. The number of anilines is 1. The number of ether oxygens (including phenoxy) is 2. The van der Waals surface area contributed by atoms with Crippen molar-refractivity contribution in [2.24, 2.45) is 0 Å². The van der Waals surface area contributed by atoms with Crippen LogP contribution in [0, 0.1) is 0 Å². The normalized spacial score (nSPS) is 19.4. The number of pyridine rings is 1. The van der Waals surface area contributed by atoms with Crippen LogP contribution in [-0.2, 0) is 0 Å². The van der Waals surface area contributed by atoms with Gasteiger partial charge in [-0.1, -0.05) is 12.8 Å². The van der Waals surface area contributed by atoms with Crippen LogP contribution >= 0.6 is 0 Å². The molecule has 4 heteroatoms. The highest BCUT2D eigenvalue weighted by atomic mass is 16.7. The molecule has 2 aliphatic rings. The van der Waals surface area contributed by atoms with E-state index >= 15 is 0 Å². The first kappa shape index (κ1) is 11.8. The summed E-state index contributed by atoms with van der Waals surface area (Å²) < 4.78 is 10.9. The van der Waals surface area contributed by atoms with Crippen LogP contribution in [0.15, 0.2) is 24.4 Å². The molecule has 0 spiro atoms. The summed E-state index contributed by atoms with van der Waals surface area (Å²) in [6.45, 7) is 2.59. The molecule has 0 unspecified atom stereocenters. The van der Waals surface area contributed by atoms with Gasteiger partial charge in [-0.05, 0) is 43.4 Å². The Morgan fingerprint density at radius 3 is 2.70 bits per heavy atom. The molecule has 104 valence electrons. The van der Waals surface area contributed by atoms with E-state index in [0.29, 0.717) is 6.79 Å². The maximum Gasteiger partial charge on any atom is 0.231 e. The summed E-state index contributed by atoms with van der Waals surface area (Å²) >= 11 is 0. The van der Waals surface area contributed by atoms with Gasteiger partial charge in [-0.3, -0.25) is 0 Å². The maximum atomic E-state index is 5.48. The van der Waals surface area contributed by atoms with Crippen LogP contribution < -0.4 is 14.8 Å². The van der Waals surface area contributed by atoms with Gasteiger partial charge in [0.15, 0.2) is 11.5 Å². The fourth-order valence-electron chi connectivity index (χ4n) is 3.23. The number of nitrogens with zero attached hydrogens (tertiary/aromatic N) is 1. The number of benzene rings is 1. The van der Waals surface area contributed by atoms with E-state index in [-0.39, 0.29) is 5.54 Å². The minimum absolute atomic E-state index is 0.164. The molecule has 1 aromatic heterocycles. The number of fused-ring (bicyclic) bond motifs is 2. The molecule has 0 atom stereocenters. The Kier molecular flexibility index (Phi) is 2.52. The van der Waals surface area contributed by atoms with Gasteiger partial charge >= 0.3 is 0 Å². The van der Waals surface area contributed by atoms with Gasteiger partial charge in [0.25, 0.3) is 0 Å². The lowest BCUT2D eigenvalue weighted by molar-refractivity contribution is 0.174. The van der Waals surface area contributed by atoms with Crippen molar-refractivity contribution in [3.63, 3.8) is 0 Å². The first-order valence-electron chi connectivity index (χ1n) is 7.20. The SMILES string of the molecule is CC1(Nc2nccc3cc4c(cc23)OCO4)CCCC1. The van der Waals surface area contributed by atoms with Gasteiger partial charge in [0.05, 0.1) is 0 Å². The molecule has 0 saturated heterocycles. The second-order valence-corrected chi connectivity index (χ2v) is 5.98. The summed E-state index contributed by atoms with van der Waals surface area (Å²) in [5, 5.41) is 5.88. The van der Waals surface area contributed by atoms with Crippen LogP contribution in [0.2, 0.25) is 0 Å². The highest BCUT2D eigenvalue weighted by Crippen LogP contribution is 2.39.